The van der Waals surface area contributed by atoms with E-state index in [2.05, 4.69) is 4.98 Å². The molecule has 1 aromatic rings. The SMILES string of the molecule is CC[C@H](N)C(=O)N(CC)Cc1ccccn1.Cl.Cl. The molecular formula is C12H21Cl2N3O. The van der Waals surface area contributed by atoms with Gasteiger partial charge in [-0.05, 0) is 25.5 Å². The maximum Gasteiger partial charge on any atom is 0.239 e. The first-order valence-corrected chi connectivity index (χ1v) is 5.63. The van der Waals surface area contributed by atoms with Crippen LogP contribution in [0, 0.1) is 0 Å². The van der Waals surface area contributed by atoms with Crippen LogP contribution >= 0.6 is 24.8 Å². The first-order valence-electron chi connectivity index (χ1n) is 5.63. The molecule has 0 aromatic carbocycles. The standard InChI is InChI=1S/C12H19N3O.2ClH/c1-3-11(13)12(16)15(4-2)9-10-7-5-6-8-14-10;;/h5-8,11H,3-4,9,13H2,1-2H3;2*1H/t11-;;/m0../s1. The van der Waals surface area contributed by atoms with Gasteiger partial charge >= 0.3 is 0 Å². The van der Waals surface area contributed by atoms with Crippen molar-refractivity contribution in [3.8, 4) is 0 Å². The molecule has 0 aliphatic carbocycles. The highest BCUT2D eigenvalue weighted by Gasteiger charge is 2.18. The van der Waals surface area contributed by atoms with Crippen LogP contribution in [0.1, 0.15) is 26.0 Å². The number of carbonyl (C=O) groups is 1. The molecule has 6 heteroatoms. The lowest BCUT2D eigenvalue weighted by Gasteiger charge is -2.23. The summed E-state index contributed by atoms with van der Waals surface area (Å²) in [5.41, 5.74) is 6.62. The van der Waals surface area contributed by atoms with Gasteiger partial charge in [0.15, 0.2) is 0 Å². The van der Waals surface area contributed by atoms with E-state index in [1.807, 2.05) is 32.0 Å². The van der Waals surface area contributed by atoms with Crippen LogP contribution < -0.4 is 5.73 Å². The lowest BCUT2D eigenvalue weighted by molar-refractivity contribution is -0.133. The number of halogens is 2. The second-order valence-electron chi connectivity index (χ2n) is 3.69. The largest absolute Gasteiger partial charge is 0.336 e. The first kappa shape index (κ1) is 19.5. The minimum atomic E-state index is -0.399. The molecule has 1 rings (SSSR count). The molecule has 0 aliphatic heterocycles. The highest BCUT2D eigenvalue weighted by Crippen LogP contribution is 2.04. The number of hydrogen-bond acceptors (Lipinski definition) is 3. The van der Waals surface area contributed by atoms with E-state index in [9.17, 15) is 4.79 Å². The quantitative estimate of drug-likeness (QED) is 0.903. The van der Waals surface area contributed by atoms with Crippen LogP contribution in [0.4, 0.5) is 0 Å². The Labute approximate surface area is 121 Å². The van der Waals surface area contributed by atoms with E-state index in [4.69, 9.17) is 5.73 Å². The van der Waals surface area contributed by atoms with Crippen LogP contribution in [0.3, 0.4) is 0 Å². The molecule has 0 saturated heterocycles. The van der Waals surface area contributed by atoms with Gasteiger partial charge in [0, 0.05) is 12.7 Å². The topological polar surface area (TPSA) is 59.2 Å². The van der Waals surface area contributed by atoms with Crippen molar-refractivity contribution in [2.45, 2.75) is 32.9 Å². The summed E-state index contributed by atoms with van der Waals surface area (Å²) in [5.74, 6) is -0.00402. The third-order valence-electron chi connectivity index (χ3n) is 2.53. The monoisotopic (exact) mass is 293 g/mol. The highest BCUT2D eigenvalue weighted by molar-refractivity contribution is 5.85. The minimum Gasteiger partial charge on any atom is -0.336 e. The average Bonchev–Trinajstić information content (AvgIpc) is 2.35. The molecular weight excluding hydrogens is 273 g/mol. The van der Waals surface area contributed by atoms with Gasteiger partial charge in [0.25, 0.3) is 0 Å². The van der Waals surface area contributed by atoms with Crippen molar-refractivity contribution >= 4 is 30.7 Å². The fraction of sp³-hybridized carbons (Fsp3) is 0.500. The van der Waals surface area contributed by atoms with Crippen molar-refractivity contribution in [2.75, 3.05) is 6.54 Å². The molecule has 0 aliphatic rings. The number of likely N-dealkylation sites (N-methyl/N-ethyl adjacent to an activating group) is 1. The van der Waals surface area contributed by atoms with Crippen LogP contribution in [-0.4, -0.2) is 28.4 Å². The zero-order chi connectivity index (χ0) is 12.0. The van der Waals surface area contributed by atoms with Crippen LogP contribution in [0.2, 0.25) is 0 Å². The molecule has 0 spiro atoms. The first-order chi connectivity index (χ1) is 7.69. The Morgan fingerprint density at radius 1 is 1.39 bits per heavy atom. The van der Waals surface area contributed by atoms with Gasteiger partial charge in [-0.1, -0.05) is 13.0 Å². The van der Waals surface area contributed by atoms with Crippen molar-refractivity contribution < 1.29 is 4.79 Å². The van der Waals surface area contributed by atoms with Gasteiger partial charge in [0.1, 0.15) is 0 Å². The van der Waals surface area contributed by atoms with Gasteiger partial charge < -0.3 is 10.6 Å². The number of nitrogens with two attached hydrogens (primary N) is 1. The van der Waals surface area contributed by atoms with Gasteiger partial charge in [-0.25, -0.2) is 0 Å². The molecule has 1 atom stereocenters. The molecule has 2 N–H and O–H groups in total. The molecule has 1 heterocycles. The zero-order valence-electron chi connectivity index (χ0n) is 10.7. The Morgan fingerprint density at radius 2 is 2.06 bits per heavy atom. The average molecular weight is 294 g/mol. The van der Waals surface area contributed by atoms with Crippen LogP contribution in [0.5, 0.6) is 0 Å². The van der Waals surface area contributed by atoms with Gasteiger partial charge in [-0.15, -0.1) is 24.8 Å². The summed E-state index contributed by atoms with van der Waals surface area (Å²) in [6.07, 6.45) is 2.39. The summed E-state index contributed by atoms with van der Waals surface area (Å²) < 4.78 is 0. The smallest absolute Gasteiger partial charge is 0.239 e. The van der Waals surface area contributed by atoms with E-state index in [-0.39, 0.29) is 30.7 Å². The predicted octanol–water partition coefficient (Wildman–Crippen LogP) is 2.01. The van der Waals surface area contributed by atoms with Gasteiger partial charge in [0.2, 0.25) is 5.91 Å². The molecule has 0 unspecified atom stereocenters. The molecule has 0 saturated carbocycles. The third kappa shape index (κ3) is 5.67. The Balaban J connectivity index is 0. The van der Waals surface area contributed by atoms with Crippen LogP contribution in [0.25, 0.3) is 0 Å². The number of nitrogens with zero attached hydrogens (tertiary/aromatic N) is 2. The number of amides is 1. The summed E-state index contributed by atoms with van der Waals surface area (Å²) in [4.78, 5) is 17.8. The molecule has 0 radical (unpaired) electrons. The molecule has 0 fully saturated rings. The Bertz CT molecular complexity index is 335. The maximum atomic E-state index is 11.9. The van der Waals surface area contributed by atoms with E-state index in [1.54, 1.807) is 11.1 Å². The number of hydrogen-bond donors (Lipinski definition) is 1. The number of pyridine rings is 1. The normalized spacial score (nSPS) is 10.8. The number of carbonyl (C=O) groups excluding carboxylic acids is 1. The highest BCUT2D eigenvalue weighted by atomic mass is 35.5. The van der Waals surface area contributed by atoms with Crippen molar-refractivity contribution in [1.82, 2.24) is 9.88 Å². The minimum absolute atomic E-state index is 0. The van der Waals surface area contributed by atoms with Gasteiger partial charge in [-0.2, -0.15) is 0 Å². The maximum absolute atomic E-state index is 11.9. The van der Waals surface area contributed by atoms with Crippen molar-refractivity contribution in [2.24, 2.45) is 5.73 Å². The van der Waals surface area contributed by atoms with E-state index in [1.165, 1.54) is 0 Å². The predicted molar refractivity (Wildman–Crippen MR) is 78.1 cm³/mol. The van der Waals surface area contributed by atoms with E-state index < -0.39 is 6.04 Å². The molecule has 4 nitrogen and oxygen atoms in total. The Kier molecular flexibility index (Phi) is 11.0. The summed E-state index contributed by atoms with van der Waals surface area (Å²) in [6, 6.07) is 5.29. The number of aromatic nitrogens is 1. The fourth-order valence-electron chi connectivity index (χ4n) is 1.44. The van der Waals surface area contributed by atoms with Crippen molar-refractivity contribution in [1.29, 1.82) is 0 Å². The van der Waals surface area contributed by atoms with E-state index in [0.717, 1.165) is 5.69 Å². The third-order valence-corrected chi connectivity index (χ3v) is 2.53. The van der Waals surface area contributed by atoms with Crippen molar-refractivity contribution in [3.05, 3.63) is 30.1 Å². The summed E-state index contributed by atoms with van der Waals surface area (Å²) in [5, 5.41) is 0. The van der Waals surface area contributed by atoms with E-state index in [0.29, 0.717) is 19.5 Å². The summed E-state index contributed by atoms with van der Waals surface area (Å²) >= 11 is 0. The van der Waals surface area contributed by atoms with E-state index >= 15 is 0 Å². The lowest BCUT2D eigenvalue weighted by atomic mass is 10.2. The van der Waals surface area contributed by atoms with Crippen molar-refractivity contribution in [3.63, 3.8) is 0 Å². The summed E-state index contributed by atoms with van der Waals surface area (Å²) in [7, 11) is 0. The summed E-state index contributed by atoms with van der Waals surface area (Å²) in [6.45, 7) is 5.05. The Hall–Kier alpha value is -0.840. The van der Waals surface area contributed by atoms with Gasteiger partial charge in [0.05, 0.1) is 18.3 Å². The molecule has 0 bridgehead atoms. The van der Waals surface area contributed by atoms with Crippen LogP contribution in [-0.2, 0) is 11.3 Å². The molecule has 1 amide bonds. The fourth-order valence-corrected chi connectivity index (χ4v) is 1.44. The molecule has 1 aromatic heterocycles. The Morgan fingerprint density at radius 3 is 2.50 bits per heavy atom. The second-order valence-corrected chi connectivity index (χ2v) is 3.69. The molecule has 18 heavy (non-hydrogen) atoms. The zero-order valence-corrected chi connectivity index (χ0v) is 12.3. The number of rotatable bonds is 5. The second kappa shape index (κ2) is 10.1. The molecule has 104 valence electrons. The van der Waals surface area contributed by atoms with Crippen LogP contribution in [0.15, 0.2) is 24.4 Å². The van der Waals surface area contributed by atoms with Gasteiger partial charge in [-0.3, -0.25) is 9.78 Å². The lowest BCUT2D eigenvalue weighted by Crippen LogP contribution is -2.43.